The Labute approximate surface area is 190 Å². The lowest BCUT2D eigenvalue weighted by Crippen LogP contribution is -2.45. The fourth-order valence-electron chi connectivity index (χ4n) is 3.38. The highest BCUT2D eigenvalue weighted by molar-refractivity contribution is 14.0. The van der Waals surface area contributed by atoms with Crippen LogP contribution in [-0.4, -0.2) is 55.9 Å². The van der Waals surface area contributed by atoms with Gasteiger partial charge in [-0.25, -0.2) is 0 Å². The first-order valence-corrected chi connectivity index (χ1v) is 10.9. The minimum absolute atomic E-state index is 0. The summed E-state index contributed by atoms with van der Waals surface area (Å²) in [5.41, 5.74) is 0.677. The molecule has 1 aromatic rings. The number of aliphatic hydroxyl groups is 1. The van der Waals surface area contributed by atoms with Crippen LogP contribution in [0.4, 0.5) is 0 Å². The highest BCUT2D eigenvalue weighted by Crippen LogP contribution is 2.30. The van der Waals surface area contributed by atoms with Crippen LogP contribution in [0, 0.1) is 0 Å². The third-order valence-electron chi connectivity index (χ3n) is 4.86. The van der Waals surface area contributed by atoms with E-state index in [2.05, 4.69) is 21.9 Å². The molecule has 0 aromatic heterocycles. The predicted molar refractivity (Wildman–Crippen MR) is 129 cm³/mol. The van der Waals surface area contributed by atoms with Crippen molar-refractivity contribution in [2.75, 3.05) is 33.6 Å². The lowest BCUT2D eigenvalue weighted by molar-refractivity contribution is 0.182. The molecular weight excluding hydrogens is 489 g/mol. The van der Waals surface area contributed by atoms with Gasteiger partial charge in [0.2, 0.25) is 0 Å². The number of hydrogen-bond donors (Lipinski definition) is 3. The second-order valence-corrected chi connectivity index (χ2v) is 7.85. The van der Waals surface area contributed by atoms with Crippen LogP contribution >= 0.6 is 35.7 Å². The second kappa shape index (κ2) is 13.4. The number of benzene rings is 1. The van der Waals surface area contributed by atoms with Crippen molar-refractivity contribution in [3.05, 3.63) is 23.8 Å². The van der Waals surface area contributed by atoms with E-state index in [4.69, 9.17) is 9.47 Å². The van der Waals surface area contributed by atoms with Crippen molar-refractivity contribution < 1.29 is 14.6 Å². The SMILES string of the molecule is CCNC(=NCC(O)c1cc(OC)ccc1OC)NC1CCCC(SC)C1.I. The average molecular weight is 523 g/mol. The van der Waals surface area contributed by atoms with Crippen LogP contribution in [0.3, 0.4) is 0 Å². The standard InChI is InChI=1S/C20H33N3O3S.HI/c1-5-21-20(23-14-7-6-8-16(11-14)27-4)22-13-18(24)17-12-15(25-2)9-10-19(17)26-3;/h9-10,12,14,16,18,24H,5-8,11,13H2,1-4H3,(H2,21,22,23);1H. The molecule has 0 bridgehead atoms. The molecule has 0 radical (unpaired) electrons. The third-order valence-corrected chi connectivity index (χ3v) is 5.96. The number of methoxy groups -OCH3 is 2. The Morgan fingerprint density at radius 1 is 1.32 bits per heavy atom. The van der Waals surface area contributed by atoms with Gasteiger partial charge in [0, 0.05) is 23.4 Å². The van der Waals surface area contributed by atoms with Gasteiger partial charge in [0.05, 0.1) is 20.8 Å². The second-order valence-electron chi connectivity index (χ2n) is 6.71. The normalized spacial score (nSPS) is 20.7. The van der Waals surface area contributed by atoms with E-state index < -0.39 is 6.10 Å². The highest BCUT2D eigenvalue weighted by Gasteiger charge is 2.22. The maximum atomic E-state index is 10.7. The fourth-order valence-corrected chi connectivity index (χ4v) is 4.21. The van der Waals surface area contributed by atoms with Gasteiger partial charge in [0.15, 0.2) is 5.96 Å². The first-order valence-electron chi connectivity index (χ1n) is 9.58. The van der Waals surface area contributed by atoms with E-state index >= 15 is 0 Å². The molecule has 1 aliphatic carbocycles. The van der Waals surface area contributed by atoms with Crippen LogP contribution in [0.5, 0.6) is 11.5 Å². The summed E-state index contributed by atoms with van der Waals surface area (Å²) in [7, 11) is 3.20. The van der Waals surface area contributed by atoms with Crippen molar-refractivity contribution in [1.82, 2.24) is 10.6 Å². The molecule has 0 saturated heterocycles. The van der Waals surface area contributed by atoms with Crippen molar-refractivity contribution in [3.63, 3.8) is 0 Å². The van der Waals surface area contributed by atoms with E-state index in [9.17, 15) is 5.11 Å². The molecule has 0 aliphatic heterocycles. The number of nitrogens with one attached hydrogen (secondary N) is 2. The molecular formula is C20H34IN3O3S. The molecule has 1 aliphatic rings. The molecule has 2 rings (SSSR count). The molecule has 1 saturated carbocycles. The molecule has 3 N–H and O–H groups in total. The Hall–Kier alpha value is -0.870. The van der Waals surface area contributed by atoms with Gasteiger partial charge in [0.25, 0.3) is 0 Å². The van der Waals surface area contributed by atoms with Crippen molar-refractivity contribution in [1.29, 1.82) is 0 Å². The number of aliphatic hydroxyl groups excluding tert-OH is 1. The maximum absolute atomic E-state index is 10.7. The first kappa shape index (κ1) is 25.2. The average Bonchev–Trinajstić information content (AvgIpc) is 2.71. The monoisotopic (exact) mass is 523 g/mol. The van der Waals surface area contributed by atoms with Crippen LogP contribution in [0.2, 0.25) is 0 Å². The summed E-state index contributed by atoms with van der Waals surface area (Å²) in [6.07, 6.45) is 6.26. The predicted octanol–water partition coefficient (Wildman–Crippen LogP) is 3.58. The van der Waals surface area contributed by atoms with E-state index in [-0.39, 0.29) is 30.5 Å². The number of aliphatic imine (C=N–C) groups is 1. The number of rotatable bonds is 8. The molecule has 0 spiro atoms. The number of guanidine groups is 1. The zero-order valence-electron chi connectivity index (χ0n) is 17.2. The van der Waals surface area contributed by atoms with E-state index in [1.165, 1.54) is 12.8 Å². The largest absolute Gasteiger partial charge is 0.497 e. The maximum Gasteiger partial charge on any atom is 0.191 e. The van der Waals surface area contributed by atoms with Gasteiger partial charge in [-0.15, -0.1) is 24.0 Å². The van der Waals surface area contributed by atoms with Gasteiger partial charge >= 0.3 is 0 Å². The molecule has 28 heavy (non-hydrogen) atoms. The van der Waals surface area contributed by atoms with E-state index in [0.29, 0.717) is 28.4 Å². The molecule has 6 nitrogen and oxygen atoms in total. The van der Waals surface area contributed by atoms with Gasteiger partial charge in [-0.05, 0) is 50.6 Å². The zero-order chi connectivity index (χ0) is 19.6. The van der Waals surface area contributed by atoms with E-state index in [1.807, 2.05) is 24.8 Å². The van der Waals surface area contributed by atoms with Crippen LogP contribution in [0.25, 0.3) is 0 Å². The Morgan fingerprint density at radius 3 is 2.75 bits per heavy atom. The van der Waals surface area contributed by atoms with Gasteiger partial charge in [-0.1, -0.05) is 6.42 Å². The molecule has 3 unspecified atom stereocenters. The number of thioether (sulfide) groups is 1. The van der Waals surface area contributed by atoms with Crippen LogP contribution in [0.1, 0.15) is 44.3 Å². The summed E-state index contributed by atoms with van der Waals surface area (Å²) in [4.78, 5) is 4.61. The van der Waals surface area contributed by atoms with Crippen LogP contribution in [-0.2, 0) is 0 Å². The summed E-state index contributed by atoms with van der Waals surface area (Å²) in [5.74, 6) is 2.07. The van der Waals surface area contributed by atoms with Gasteiger partial charge in [0.1, 0.15) is 17.6 Å². The van der Waals surface area contributed by atoms with Crippen molar-refractivity contribution in [3.8, 4) is 11.5 Å². The number of nitrogens with zero attached hydrogens (tertiary/aromatic N) is 1. The Kier molecular flexibility index (Phi) is 12.0. The molecule has 1 fully saturated rings. The Bertz CT molecular complexity index is 618. The summed E-state index contributed by atoms with van der Waals surface area (Å²) >= 11 is 1.95. The fraction of sp³-hybridized carbons (Fsp3) is 0.650. The van der Waals surface area contributed by atoms with Crippen molar-refractivity contribution in [2.45, 2.75) is 50.0 Å². The third kappa shape index (κ3) is 7.51. The minimum atomic E-state index is -0.768. The summed E-state index contributed by atoms with van der Waals surface area (Å²) in [6, 6.07) is 5.84. The molecule has 0 amide bonds. The topological polar surface area (TPSA) is 75.1 Å². The van der Waals surface area contributed by atoms with Crippen LogP contribution < -0.4 is 20.1 Å². The summed E-state index contributed by atoms with van der Waals surface area (Å²) < 4.78 is 10.6. The summed E-state index contributed by atoms with van der Waals surface area (Å²) in [6.45, 7) is 3.07. The number of halogens is 1. The van der Waals surface area contributed by atoms with Gasteiger partial charge < -0.3 is 25.2 Å². The molecule has 3 atom stereocenters. The molecule has 160 valence electrons. The molecule has 0 heterocycles. The number of hydrogen-bond acceptors (Lipinski definition) is 5. The lowest BCUT2D eigenvalue weighted by Gasteiger charge is -2.30. The first-order chi connectivity index (χ1) is 13.1. The lowest BCUT2D eigenvalue weighted by atomic mass is 9.95. The molecule has 8 heteroatoms. The van der Waals surface area contributed by atoms with E-state index in [0.717, 1.165) is 25.3 Å². The summed E-state index contributed by atoms with van der Waals surface area (Å²) in [5, 5.41) is 18.2. The Morgan fingerprint density at radius 2 is 2.11 bits per heavy atom. The highest BCUT2D eigenvalue weighted by atomic mass is 127. The van der Waals surface area contributed by atoms with Gasteiger partial charge in [-0.3, -0.25) is 4.99 Å². The van der Waals surface area contributed by atoms with Crippen molar-refractivity contribution in [2.24, 2.45) is 4.99 Å². The number of ether oxygens (including phenoxy) is 2. The van der Waals surface area contributed by atoms with Crippen molar-refractivity contribution >= 4 is 41.7 Å². The minimum Gasteiger partial charge on any atom is -0.497 e. The quantitative estimate of drug-likeness (QED) is 0.275. The van der Waals surface area contributed by atoms with Crippen LogP contribution in [0.15, 0.2) is 23.2 Å². The zero-order valence-corrected chi connectivity index (χ0v) is 20.4. The smallest absolute Gasteiger partial charge is 0.191 e. The van der Waals surface area contributed by atoms with E-state index in [1.54, 1.807) is 26.4 Å². The Balaban J connectivity index is 0.00000392. The van der Waals surface area contributed by atoms with Gasteiger partial charge in [-0.2, -0.15) is 11.8 Å². The molecule has 1 aromatic carbocycles.